The van der Waals surface area contributed by atoms with Crippen LogP contribution >= 0.6 is 11.6 Å². The molecule has 0 radical (unpaired) electrons. The summed E-state index contributed by atoms with van der Waals surface area (Å²) in [7, 11) is 0. The number of nitrogens with zero attached hydrogens (tertiary/aromatic N) is 1. The topological polar surface area (TPSA) is 55.0 Å². The van der Waals surface area contributed by atoms with Gasteiger partial charge >= 0.3 is 43.7 Å². The molecule has 0 aliphatic rings. The van der Waals surface area contributed by atoms with Crippen molar-refractivity contribution in [2.75, 3.05) is 0 Å². The van der Waals surface area contributed by atoms with Crippen molar-refractivity contribution in [3.05, 3.63) is 71.4 Å². The molecule has 0 bridgehead atoms. The molecule has 0 fully saturated rings. The van der Waals surface area contributed by atoms with Crippen molar-refractivity contribution in [2.24, 2.45) is 0 Å². The van der Waals surface area contributed by atoms with Crippen LogP contribution in [-0.2, 0) is 11.2 Å². The van der Waals surface area contributed by atoms with Gasteiger partial charge in [0.2, 0.25) is 0 Å². The molecule has 0 amide bonds. The van der Waals surface area contributed by atoms with E-state index < -0.39 is 0 Å². The zero-order valence-electron chi connectivity index (χ0n) is 11.6. The summed E-state index contributed by atoms with van der Waals surface area (Å²) >= 11 is 5.89. The number of halogens is 1. The molecule has 0 atom stereocenters. The number of rotatable bonds is 4. The second-order valence-electron chi connectivity index (χ2n) is 4.73. The number of carbonyl (C=O) groups excluding carboxylic acids is 1. The second kappa shape index (κ2) is 8.50. The number of H-pyrrole nitrogens is 1. The van der Waals surface area contributed by atoms with Crippen molar-refractivity contribution in [2.45, 2.75) is 6.42 Å². The van der Waals surface area contributed by atoms with Crippen molar-refractivity contribution < 1.29 is 9.53 Å². The van der Waals surface area contributed by atoms with Gasteiger partial charge < -0.3 is 4.74 Å². The van der Waals surface area contributed by atoms with Gasteiger partial charge in [-0.05, 0) is 24.3 Å². The van der Waals surface area contributed by atoms with Gasteiger partial charge in [0.25, 0.3) is 0 Å². The molecule has 0 spiro atoms. The fourth-order valence-corrected chi connectivity index (χ4v) is 2.24. The molecule has 1 aromatic heterocycles. The number of hydrogen-bond donors (Lipinski definition) is 1. The normalized spacial score (nSPS) is 9.96. The Hall–Kier alpha value is -1.33. The summed E-state index contributed by atoms with van der Waals surface area (Å²) in [6.07, 6.45) is 1.85. The minimum absolute atomic E-state index is 0. The number of nitrogens with one attached hydrogen (secondary N) is 1. The SMILES string of the molecule is O=C(Cc1c[nH]nc1-c1ccc(Cl)cc1)Oc1ccccc1.[CaH2]. The van der Waals surface area contributed by atoms with E-state index in [2.05, 4.69) is 10.2 Å². The summed E-state index contributed by atoms with van der Waals surface area (Å²) < 4.78 is 5.30. The van der Waals surface area contributed by atoms with Crippen LogP contribution < -0.4 is 4.74 Å². The Kier molecular flexibility index (Phi) is 6.66. The minimum atomic E-state index is -0.331. The summed E-state index contributed by atoms with van der Waals surface area (Å²) in [6, 6.07) is 16.3. The Morgan fingerprint density at radius 2 is 1.78 bits per heavy atom. The Morgan fingerprint density at radius 3 is 2.48 bits per heavy atom. The molecule has 0 aliphatic heterocycles. The van der Waals surface area contributed by atoms with Gasteiger partial charge in [-0.25, -0.2) is 0 Å². The maximum absolute atomic E-state index is 12.0. The number of hydrogen-bond acceptors (Lipinski definition) is 3. The van der Waals surface area contributed by atoms with E-state index in [4.69, 9.17) is 16.3 Å². The van der Waals surface area contributed by atoms with Gasteiger partial charge in [0.15, 0.2) is 0 Å². The van der Waals surface area contributed by atoms with Crippen LogP contribution in [0.3, 0.4) is 0 Å². The molecule has 3 rings (SSSR count). The fraction of sp³-hybridized carbons (Fsp3) is 0.0588. The van der Waals surface area contributed by atoms with E-state index in [-0.39, 0.29) is 50.1 Å². The zero-order valence-corrected chi connectivity index (χ0v) is 12.4. The maximum atomic E-state index is 12.0. The van der Waals surface area contributed by atoms with Crippen molar-refractivity contribution in [3.63, 3.8) is 0 Å². The summed E-state index contributed by atoms with van der Waals surface area (Å²) in [5.41, 5.74) is 2.40. The predicted molar refractivity (Wildman–Crippen MR) is 93.4 cm³/mol. The fourth-order valence-electron chi connectivity index (χ4n) is 2.12. The van der Waals surface area contributed by atoms with Crippen LogP contribution in [0.2, 0.25) is 5.02 Å². The average molecular weight is 355 g/mol. The van der Waals surface area contributed by atoms with E-state index in [1.54, 1.807) is 30.5 Å². The van der Waals surface area contributed by atoms with Crippen molar-refractivity contribution in [1.29, 1.82) is 0 Å². The third-order valence-electron chi connectivity index (χ3n) is 3.15. The first-order valence-electron chi connectivity index (χ1n) is 6.77. The summed E-state index contributed by atoms with van der Waals surface area (Å²) in [5.74, 6) is 0.201. The molecule has 114 valence electrons. The molecule has 4 nitrogen and oxygen atoms in total. The molecule has 0 unspecified atom stereocenters. The molecule has 0 saturated carbocycles. The van der Waals surface area contributed by atoms with Crippen LogP contribution in [-0.4, -0.2) is 53.9 Å². The first-order valence-corrected chi connectivity index (χ1v) is 7.14. The summed E-state index contributed by atoms with van der Waals surface area (Å²) in [5, 5.41) is 7.65. The Labute approximate surface area is 168 Å². The Bertz CT molecular complexity index is 773. The van der Waals surface area contributed by atoms with Gasteiger partial charge in [0, 0.05) is 22.3 Å². The quantitative estimate of drug-likeness (QED) is 0.445. The molecule has 0 aliphatic carbocycles. The Morgan fingerprint density at radius 1 is 1.09 bits per heavy atom. The van der Waals surface area contributed by atoms with E-state index in [9.17, 15) is 4.79 Å². The summed E-state index contributed by atoms with van der Waals surface area (Å²) in [6.45, 7) is 0. The molecule has 6 heteroatoms. The molecule has 23 heavy (non-hydrogen) atoms. The number of benzene rings is 2. The number of para-hydroxylation sites is 1. The molecular weight excluding hydrogens is 340 g/mol. The van der Waals surface area contributed by atoms with Gasteiger partial charge in [0.05, 0.1) is 12.1 Å². The third kappa shape index (κ3) is 4.82. The number of ether oxygens (including phenoxy) is 1. The second-order valence-corrected chi connectivity index (χ2v) is 5.17. The molecule has 0 saturated heterocycles. The molecule has 1 N–H and O–H groups in total. The van der Waals surface area contributed by atoms with Crippen molar-refractivity contribution >= 4 is 55.3 Å². The predicted octanol–water partition coefficient (Wildman–Crippen LogP) is 2.96. The Balaban J connectivity index is 0.00000192. The molecule has 3 aromatic rings. The molecule has 2 aromatic carbocycles. The number of esters is 1. The third-order valence-corrected chi connectivity index (χ3v) is 3.40. The van der Waals surface area contributed by atoms with Gasteiger partial charge in [-0.1, -0.05) is 41.9 Å². The standard InChI is InChI=1S/C17H13ClN2O2.Ca.2H/c18-14-8-6-12(7-9-14)17-13(11-19-20-17)10-16(21)22-15-4-2-1-3-5-15;;;/h1-9,11H,10H2,(H,19,20);;;. The van der Waals surface area contributed by atoms with E-state index in [0.717, 1.165) is 16.8 Å². The molecule has 1 heterocycles. The monoisotopic (exact) mass is 354 g/mol. The van der Waals surface area contributed by atoms with E-state index in [1.165, 1.54) is 0 Å². The zero-order chi connectivity index (χ0) is 15.4. The van der Waals surface area contributed by atoms with Crippen LogP contribution in [0.5, 0.6) is 5.75 Å². The number of carbonyl (C=O) groups is 1. The number of aromatic amines is 1. The van der Waals surface area contributed by atoms with Crippen LogP contribution in [0, 0.1) is 0 Å². The number of aromatic nitrogens is 2. The van der Waals surface area contributed by atoms with Crippen LogP contribution in [0.15, 0.2) is 60.8 Å². The van der Waals surface area contributed by atoms with Gasteiger partial charge in [0.1, 0.15) is 5.75 Å². The van der Waals surface area contributed by atoms with Gasteiger partial charge in [-0.3, -0.25) is 9.89 Å². The van der Waals surface area contributed by atoms with E-state index >= 15 is 0 Å². The van der Waals surface area contributed by atoms with Crippen molar-refractivity contribution in [3.8, 4) is 17.0 Å². The first-order chi connectivity index (χ1) is 10.7. The van der Waals surface area contributed by atoms with Crippen molar-refractivity contribution in [1.82, 2.24) is 10.2 Å². The van der Waals surface area contributed by atoms with Crippen LogP contribution in [0.25, 0.3) is 11.3 Å². The summed E-state index contributed by atoms with van der Waals surface area (Å²) in [4.78, 5) is 12.0. The van der Waals surface area contributed by atoms with Crippen LogP contribution in [0.4, 0.5) is 0 Å². The van der Waals surface area contributed by atoms with E-state index in [0.29, 0.717) is 10.8 Å². The average Bonchev–Trinajstić information content (AvgIpc) is 2.97. The first kappa shape index (κ1) is 18.0. The molecular formula is C17H15CaClN2O2. The van der Waals surface area contributed by atoms with Gasteiger partial charge in [-0.15, -0.1) is 0 Å². The van der Waals surface area contributed by atoms with Crippen LogP contribution in [0.1, 0.15) is 5.56 Å². The van der Waals surface area contributed by atoms with E-state index in [1.807, 2.05) is 30.3 Å². The van der Waals surface area contributed by atoms with Gasteiger partial charge in [-0.2, -0.15) is 5.10 Å².